The van der Waals surface area contributed by atoms with Crippen LogP contribution >= 0.6 is 0 Å². The van der Waals surface area contributed by atoms with Crippen LogP contribution in [0.2, 0.25) is 0 Å². The molecule has 0 aliphatic heterocycles. The lowest BCUT2D eigenvalue weighted by Crippen LogP contribution is -2.21. The van der Waals surface area contributed by atoms with Gasteiger partial charge in [0.1, 0.15) is 6.29 Å². The van der Waals surface area contributed by atoms with E-state index in [0.29, 0.717) is 6.54 Å². The first-order valence-electron chi connectivity index (χ1n) is 3.85. The van der Waals surface area contributed by atoms with Gasteiger partial charge in [0, 0.05) is 24.7 Å². The Hall–Kier alpha value is -1.38. The van der Waals surface area contributed by atoms with Gasteiger partial charge in [0.2, 0.25) is 0 Å². The molecule has 1 heterocycles. The molecule has 0 saturated heterocycles. The summed E-state index contributed by atoms with van der Waals surface area (Å²) < 4.78 is 1.53. The van der Waals surface area contributed by atoms with Crippen molar-refractivity contribution in [2.45, 2.75) is 13.5 Å². The Bertz CT molecular complexity index is 316. The van der Waals surface area contributed by atoms with Crippen LogP contribution in [0.15, 0.2) is 29.2 Å². The van der Waals surface area contributed by atoms with Crippen molar-refractivity contribution in [1.82, 2.24) is 4.57 Å². The second-order valence-electron chi connectivity index (χ2n) is 2.80. The third-order valence-electron chi connectivity index (χ3n) is 1.62. The van der Waals surface area contributed by atoms with E-state index in [1.807, 2.05) is 0 Å². The van der Waals surface area contributed by atoms with Crippen LogP contribution in [-0.4, -0.2) is 10.9 Å². The van der Waals surface area contributed by atoms with E-state index in [9.17, 15) is 9.59 Å². The molecule has 0 radical (unpaired) electrons. The number of nitrogens with zero attached hydrogens (tertiary/aromatic N) is 1. The molecule has 0 fully saturated rings. The number of aromatic nitrogens is 1. The Labute approximate surface area is 70.6 Å². The highest BCUT2D eigenvalue weighted by Gasteiger charge is 2.00. The molecular weight excluding hydrogens is 154 g/mol. The van der Waals surface area contributed by atoms with Crippen LogP contribution in [0.4, 0.5) is 0 Å². The molecule has 0 saturated carbocycles. The van der Waals surface area contributed by atoms with Crippen molar-refractivity contribution in [2.75, 3.05) is 0 Å². The molecule has 0 aromatic carbocycles. The van der Waals surface area contributed by atoms with Crippen molar-refractivity contribution in [1.29, 1.82) is 0 Å². The molecule has 3 nitrogen and oxygen atoms in total. The summed E-state index contributed by atoms with van der Waals surface area (Å²) in [6.07, 6.45) is 2.53. The smallest absolute Gasteiger partial charge is 0.250 e. The Morgan fingerprint density at radius 3 is 2.92 bits per heavy atom. The summed E-state index contributed by atoms with van der Waals surface area (Å²) in [7, 11) is 0. The zero-order chi connectivity index (χ0) is 8.97. The first-order chi connectivity index (χ1) is 5.74. The molecule has 0 spiro atoms. The largest absolute Gasteiger partial charge is 0.315 e. The van der Waals surface area contributed by atoms with E-state index in [1.165, 1.54) is 10.6 Å². The van der Waals surface area contributed by atoms with Gasteiger partial charge in [-0.25, -0.2) is 0 Å². The van der Waals surface area contributed by atoms with Crippen LogP contribution < -0.4 is 5.56 Å². The molecule has 3 heteroatoms. The summed E-state index contributed by atoms with van der Waals surface area (Å²) in [5, 5.41) is 0. The summed E-state index contributed by atoms with van der Waals surface area (Å²) in [4.78, 5) is 21.4. The van der Waals surface area contributed by atoms with Crippen LogP contribution in [0.5, 0.6) is 0 Å². The standard InChI is InChI=1S/C9H11NO2/c1-8(7-11)6-10-5-3-2-4-9(10)12/h2-5,7-8H,6H2,1H3. The van der Waals surface area contributed by atoms with Gasteiger partial charge in [-0.1, -0.05) is 13.0 Å². The van der Waals surface area contributed by atoms with Crippen LogP contribution in [0.25, 0.3) is 0 Å². The van der Waals surface area contributed by atoms with E-state index in [-0.39, 0.29) is 11.5 Å². The average molecular weight is 165 g/mol. The maximum atomic E-state index is 11.1. The quantitative estimate of drug-likeness (QED) is 0.618. The van der Waals surface area contributed by atoms with E-state index >= 15 is 0 Å². The minimum atomic E-state index is -0.106. The van der Waals surface area contributed by atoms with Crippen molar-refractivity contribution >= 4 is 6.29 Å². The van der Waals surface area contributed by atoms with Crippen molar-refractivity contribution in [3.05, 3.63) is 34.7 Å². The molecule has 0 amide bonds. The Balaban J connectivity index is 2.82. The van der Waals surface area contributed by atoms with Crippen LogP contribution in [-0.2, 0) is 11.3 Å². The maximum absolute atomic E-state index is 11.1. The highest BCUT2D eigenvalue weighted by atomic mass is 16.1. The maximum Gasteiger partial charge on any atom is 0.250 e. The normalized spacial score (nSPS) is 12.4. The van der Waals surface area contributed by atoms with Gasteiger partial charge in [0.25, 0.3) is 5.56 Å². The number of carbonyl (C=O) groups excluding carboxylic acids is 1. The molecule has 1 unspecified atom stereocenters. The first-order valence-corrected chi connectivity index (χ1v) is 3.85. The number of aldehydes is 1. The molecule has 0 aliphatic rings. The summed E-state index contributed by atoms with van der Waals surface area (Å²) in [5.41, 5.74) is -0.0637. The monoisotopic (exact) mass is 165 g/mol. The molecule has 1 aromatic rings. The van der Waals surface area contributed by atoms with E-state index < -0.39 is 0 Å². The van der Waals surface area contributed by atoms with Crippen molar-refractivity contribution < 1.29 is 4.79 Å². The predicted octanol–water partition coefficient (Wildman–Crippen LogP) is 0.683. The average Bonchev–Trinajstić information content (AvgIpc) is 2.09. The van der Waals surface area contributed by atoms with Crippen LogP contribution in [0.3, 0.4) is 0 Å². The van der Waals surface area contributed by atoms with Gasteiger partial charge in [-0.2, -0.15) is 0 Å². The van der Waals surface area contributed by atoms with E-state index in [2.05, 4.69) is 0 Å². The summed E-state index contributed by atoms with van der Waals surface area (Å²) in [5.74, 6) is -0.106. The van der Waals surface area contributed by atoms with Gasteiger partial charge in [-0.3, -0.25) is 4.79 Å². The Kier molecular flexibility index (Phi) is 2.80. The molecular formula is C9H11NO2. The SMILES string of the molecule is CC(C=O)Cn1ccccc1=O. The number of rotatable bonds is 3. The first kappa shape index (κ1) is 8.71. The predicted molar refractivity (Wildman–Crippen MR) is 45.9 cm³/mol. The van der Waals surface area contributed by atoms with Gasteiger partial charge in [-0.15, -0.1) is 0 Å². The summed E-state index contributed by atoms with van der Waals surface area (Å²) in [6.45, 7) is 2.25. The van der Waals surface area contributed by atoms with Crippen LogP contribution in [0.1, 0.15) is 6.92 Å². The second kappa shape index (κ2) is 3.85. The second-order valence-corrected chi connectivity index (χ2v) is 2.80. The van der Waals surface area contributed by atoms with Crippen molar-refractivity contribution in [3.63, 3.8) is 0 Å². The third kappa shape index (κ3) is 2.05. The molecule has 0 aliphatic carbocycles. The fourth-order valence-electron chi connectivity index (χ4n) is 0.965. The number of hydrogen-bond acceptors (Lipinski definition) is 2. The lowest BCUT2D eigenvalue weighted by molar-refractivity contribution is -0.111. The van der Waals surface area contributed by atoms with E-state index in [1.54, 1.807) is 25.3 Å². The molecule has 1 aromatic heterocycles. The Morgan fingerprint density at radius 2 is 2.33 bits per heavy atom. The highest BCUT2D eigenvalue weighted by molar-refractivity contribution is 5.52. The zero-order valence-electron chi connectivity index (χ0n) is 6.93. The van der Waals surface area contributed by atoms with Gasteiger partial charge in [0.05, 0.1) is 0 Å². The number of pyridine rings is 1. The van der Waals surface area contributed by atoms with E-state index in [4.69, 9.17) is 0 Å². The zero-order valence-corrected chi connectivity index (χ0v) is 6.93. The highest BCUT2D eigenvalue weighted by Crippen LogP contribution is 1.93. The Morgan fingerprint density at radius 1 is 1.58 bits per heavy atom. The summed E-state index contributed by atoms with van der Waals surface area (Å²) in [6, 6.07) is 4.95. The number of hydrogen-bond donors (Lipinski definition) is 0. The van der Waals surface area contributed by atoms with E-state index in [0.717, 1.165) is 6.29 Å². The topological polar surface area (TPSA) is 39.1 Å². The minimum absolute atomic E-state index is 0.0637. The van der Waals surface area contributed by atoms with Gasteiger partial charge >= 0.3 is 0 Å². The lowest BCUT2D eigenvalue weighted by Gasteiger charge is -2.05. The van der Waals surface area contributed by atoms with Gasteiger partial charge in [0.15, 0.2) is 0 Å². The van der Waals surface area contributed by atoms with Crippen LogP contribution in [0, 0.1) is 5.92 Å². The molecule has 12 heavy (non-hydrogen) atoms. The minimum Gasteiger partial charge on any atom is -0.315 e. The van der Waals surface area contributed by atoms with Crippen molar-refractivity contribution in [3.8, 4) is 0 Å². The third-order valence-corrected chi connectivity index (χ3v) is 1.62. The summed E-state index contributed by atoms with van der Waals surface area (Å²) >= 11 is 0. The van der Waals surface area contributed by atoms with Gasteiger partial charge in [-0.05, 0) is 6.07 Å². The molecule has 1 rings (SSSR count). The molecule has 0 bridgehead atoms. The molecule has 0 N–H and O–H groups in total. The fraction of sp³-hybridized carbons (Fsp3) is 0.333. The lowest BCUT2D eigenvalue weighted by atomic mass is 10.2. The fourth-order valence-corrected chi connectivity index (χ4v) is 0.965. The molecule has 1 atom stereocenters. The number of carbonyl (C=O) groups is 1. The molecule has 64 valence electrons. The van der Waals surface area contributed by atoms with Gasteiger partial charge < -0.3 is 9.36 Å². The van der Waals surface area contributed by atoms with Crippen molar-refractivity contribution in [2.24, 2.45) is 5.92 Å².